The minimum atomic E-state index is -3.42. The second kappa shape index (κ2) is 4.34. The van der Waals surface area contributed by atoms with Crippen molar-refractivity contribution in [3.8, 4) is 6.07 Å². The molecule has 0 spiro atoms. The SMILES string of the molecule is N#Cc1ccccc1[C@H](N)C(F)(F)CO. The number of benzene rings is 1. The molecule has 0 heterocycles. The molecule has 5 heteroatoms. The molecule has 0 radical (unpaired) electrons. The van der Waals surface area contributed by atoms with Crippen molar-refractivity contribution in [2.45, 2.75) is 12.0 Å². The van der Waals surface area contributed by atoms with Crippen molar-refractivity contribution in [1.29, 1.82) is 5.26 Å². The first-order valence-electron chi connectivity index (χ1n) is 4.26. The molecule has 1 aromatic rings. The first kappa shape index (κ1) is 11.6. The molecule has 0 bridgehead atoms. The normalized spacial score (nSPS) is 13.3. The molecule has 0 fully saturated rings. The van der Waals surface area contributed by atoms with Gasteiger partial charge in [0.15, 0.2) is 0 Å². The van der Waals surface area contributed by atoms with Crippen LogP contribution in [-0.4, -0.2) is 17.6 Å². The van der Waals surface area contributed by atoms with Crippen LogP contribution in [0.15, 0.2) is 24.3 Å². The number of aliphatic hydroxyl groups excluding tert-OH is 1. The maximum absolute atomic E-state index is 13.1. The summed E-state index contributed by atoms with van der Waals surface area (Å²) in [6.45, 7) is -1.34. The summed E-state index contributed by atoms with van der Waals surface area (Å²) >= 11 is 0. The first-order valence-corrected chi connectivity index (χ1v) is 4.26. The van der Waals surface area contributed by atoms with Crippen molar-refractivity contribution in [3.63, 3.8) is 0 Å². The molecule has 1 aromatic carbocycles. The lowest BCUT2D eigenvalue weighted by Gasteiger charge is -2.22. The highest BCUT2D eigenvalue weighted by atomic mass is 19.3. The Hall–Kier alpha value is -1.51. The fourth-order valence-corrected chi connectivity index (χ4v) is 1.20. The van der Waals surface area contributed by atoms with E-state index in [9.17, 15) is 8.78 Å². The van der Waals surface area contributed by atoms with E-state index in [0.29, 0.717) is 0 Å². The highest BCUT2D eigenvalue weighted by Crippen LogP contribution is 2.30. The molecule has 1 atom stereocenters. The van der Waals surface area contributed by atoms with Crippen molar-refractivity contribution in [1.82, 2.24) is 0 Å². The fourth-order valence-electron chi connectivity index (χ4n) is 1.20. The van der Waals surface area contributed by atoms with Gasteiger partial charge in [-0.2, -0.15) is 5.26 Å². The van der Waals surface area contributed by atoms with E-state index in [1.807, 2.05) is 0 Å². The molecule has 0 aliphatic carbocycles. The van der Waals surface area contributed by atoms with E-state index in [0.717, 1.165) is 0 Å². The second-order valence-electron chi connectivity index (χ2n) is 3.10. The maximum atomic E-state index is 13.1. The minimum Gasteiger partial charge on any atom is -0.390 e. The van der Waals surface area contributed by atoms with Crippen LogP contribution in [0, 0.1) is 11.3 Å². The van der Waals surface area contributed by atoms with Crippen LogP contribution in [0.3, 0.4) is 0 Å². The Labute approximate surface area is 85.7 Å². The highest BCUT2D eigenvalue weighted by molar-refractivity contribution is 5.40. The Morgan fingerprint density at radius 3 is 2.60 bits per heavy atom. The number of hydrogen-bond donors (Lipinski definition) is 2. The molecule has 0 saturated carbocycles. The van der Waals surface area contributed by atoms with Crippen molar-refractivity contribution in [3.05, 3.63) is 35.4 Å². The summed E-state index contributed by atoms with van der Waals surface area (Å²) in [5.74, 6) is -3.42. The van der Waals surface area contributed by atoms with E-state index in [2.05, 4.69) is 0 Å². The van der Waals surface area contributed by atoms with Gasteiger partial charge in [-0.3, -0.25) is 0 Å². The molecule has 0 amide bonds. The molecule has 80 valence electrons. The first-order chi connectivity index (χ1) is 7.03. The monoisotopic (exact) mass is 212 g/mol. The van der Waals surface area contributed by atoms with Crippen molar-refractivity contribution in [2.75, 3.05) is 6.61 Å². The van der Waals surface area contributed by atoms with Gasteiger partial charge in [0.25, 0.3) is 5.92 Å². The number of hydrogen-bond acceptors (Lipinski definition) is 3. The zero-order valence-corrected chi connectivity index (χ0v) is 7.82. The van der Waals surface area contributed by atoms with Gasteiger partial charge < -0.3 is 10.8 Å². The van der Waals surface area contributed by atoms with Crippen LogP contribution in [0.4, 0.5) is 8.78 Å². The van der Waals surface area contributed by atoms with Crippen molar-refractivity contribution < 1.29 is 13.9 Å². The standard InChI is InChI=1S/C10H10F2N2O/c11-10(12,6-15)9(14)8-4-2-1-3-7(8)5-13/h1-4,9,15H,6,14H2/t9-/m0/s1. The molecule has 0 unspecified atom stereocenters. The molecule has 15 heavy (non-hydrogen) atoms. The average Bonchev–Trinajstić information content (AvgIpc) is 2.28. The summed E-state index contributed by atoms with van der Waals surface area (Å²) < 4.78 is 26.1. The molecule has 0 aliphatic rings. The van der Waals surface area contributed by atoms with Gasteiger partial charge in [-0.05, 0) is 11.6 Å². The number of nitrogens with zero attached hydrogens (tertiary/aromatic N) is 1. The quantitative estimate of drug-likeness (QED) is 0.790. The van der Waals surface area contributed by atoms with Crippen LogP contribution in [0.2, 0.25) is 0 Å². The summed E-state index contributed by atoms with van der Waals surface area (Å²) in [5, 5.41) is 17.2. The van der Waals surface area contributed by atoms with Crippen LogP contribution < -0.4 is 5.73 Å². The van der Waals surface area contributed by atoms with Crippen molar-refractivity contribution in [2.24, 2.45) is 5.73 Å². The predicted octanol–water partition coefficient (Wildman–Crippen LogP) is 1.19. The van der Waals surface area contributed by atoms with Crippen LogP contribution in [0.1, 0.15) is 17.2 Å². The third-order valence-corrected chi connectivity index (χ3v) is 2.08. The van der Waals surface area contributed by atoms with Crippen LogP contribution in [-0.2, 0) is 0 Å². The zero-order valence-electron chi connectivity index (χ0n) is 7.82. The number of halogens is 2. The molecule has 3 N–H and O–H groups in total. The average molecular weight is 212 g/mol. The summed E-state index contributed by atoms with van der Waals surface area (Å²) in [7, 11) is 0. The van der Waals surface area contributed by atoms with E-state index >= 15 is 0 Å². The van der Waals surface area contributed by atoms with Gasteiger partial charge in [0.1, 0.15) is 6.61 Å². The van der Waals surface area contributed by atoms with E-state index in [4.69, 9.17) is 16.1 Å². The second-order valence-corrected chi connectivity index (χ2v) is 3.10. The Balaban J connectivity index is 3.12. The summed E-state index contributed by atoms with van der Waals surface area (Å²) in [6, 6.07) is 5.95. The van der Waals surface area contributed by atoms with Gasteiger partial charge in [-0.1, -0.05) is 18.2 Å². The maximum Gasteiger partial charge on any atom is 0.289 e. The molecular formula is C10H10F2N2O. The minimum absolute atomic E-state index is 0.0408. The Kier molecular flexibility index (Phi) is 3.35. The van der Waals surface area contributed by atoms with Crippen molar-refractivity contribution >= 4 is 0 Å². The summed E-state index contributed by atoms with van der Waals surface area (Å²) in [6.07, 6.45) is 0. The fraction of sp³-hybridized carbons (Fsp3) is 0.300. The summed E-state index contributed by atoms with van der Waals surface area (Å²) in [5.41, 5.74) is 5.43. The lowest BCUT2D eigenvalue weighted by atomic mass is 9.97. The number of nitriles is 1. The van der Waals surface area contributed by atoms with Gasteiger partial charge in [-0.25, -0.2) is 8.78 Å². The third kappa shape index (κ3) is 2.29. The molecule has 0 saturated heterocycles. The van der Waals surface area contributed by atoms with E-state index in [-0.39, 0.29) is 11.1 Å². The van der Waals surface area contributed by atoms with Gasteiger partial charge in [0.2, 0.25) is 0 Å². The number of alkyl halides is 2. The Bertz CT molecular complexity index is 387. The van der Waals surface area contributed by atoms with E-state index in [1.165, 1.54) is 18.2 Å². The lowest BCUT2D eigenvalue weighted by molar-refractivity contribution is -0.0712. The van der Waals surface area contributed by atoms with E-state index < -0.39 is 18.6 Å². The number of aliphatic hydroxyl groups is 1. The Morgan fingerprint density at radius 1 is 1.47 bits per heavy atom. The number of nitrogens with two attached hydrogens (primary N) is 1. The van der Waals surface area contributed by atoms with Gasteiger partial charge in [-0.15, -0.1) is 0 Å². The summed E-state index contributed by atoms with van der Waals surface area (Å²) in [4.78, 5) is 0. The lowest BCUT2D eigenvalue weighted by Crippen LogP contribution is -2.36. The van der Waals surface area contributed by atoms with Gasteiger partial charge in [0, 0.05) is 0 Å². The van der Waals surface area contributed by atoms with E-state index in [1.54, 1.807) is 12.1 Å². The van der Waals surface area contributed by atoms with Crippen LogP contribution in [0.25, 0.3) is 0 Å². The molecular weight excluding hydrogens is 202 g/mol. The molecule has 3 nitrogen and oxygen atoms in total. The highest BCUT2D eigenvalue weighted by Gasteiger charge is 2.38. The van der Waals surface area contributed by atoms with Crippen LogP contribution in [0.5, 0.6) is 0 Å². The largest absolute Gasteiger partial charge is 0.390 e. The zero-order chi connectivity index (χ0) is 11.5. The smallest absolute Gasteiger partial charge is 0.289 e. The van der Waals surface area contributed by atoms with Gasteiger partial charge >= 0.3 is 0 Å². The predicted molar refractivity (Wildman–Crippen MR) is 50.1 cm³/mol. The number of rotatable bonds is 3. The molecule has 0 aliphatic heterocycles. The molecule has 0 aromatic heterocycles. The third-order valence-electron chi connectivity index (χ3n) is 2.08. The van der Waals surface area contributed by atoms with Crippen LogP contribution >= 0.6 is 0 Å². The molecule has 1 rings (SSSR count). The Morgan fingerprint density at radius 2 is 2.07 bits per heavy atom. The topological polar surface area (TPSA) is 70.0 Å². The van der Waals surface area contributed by atoms with Gasteiger partial charge in [0.05, 0.1) is 17.7 Å².